The van der Waals surface area contributed by atoms with Crippen molar-refractivity contribution in [2.24, 2.45) is 11.8 Å². The van der Waals surface area contributed by atoms with Gasteiger partial charge in [-0.25, -0.2) is 5.84 Å². The minimum absolute atomic E-state index is 0.267. The first kappa shape index (κ1) is 16.5. The predicted octanol–water partition coefficient (Wildman–Crippen LogP) is 3.06. The number of rotatable bonds is 4. The Labute approximate surface area is 135 Å². The van der Waals surface area contributed by atoms with Gasteiger partial charge in [0.2, 0.25) is 0 Å². The molecule has 1 aliphatic rings. The number of carbonyl (C=O) groups is 1. The molecule has 0 saturated heterocycles. The van der Waals surface area contributed by atoms with Crippen LogP contribution in [0.4, 0.5) is 0 Å². The van der Waals surface area contributed by atoms with Crippen molar-refractivity contribution in [3.05, 3.63) is 33.8 Å². The zero-order chi connectivity index (χ0) is 15.4. The number of hydrazine groups is 1. The number of benzene rings is 1. The number of nitrogen functional groups attached to an aromatic ring is 1. The van der Waals surface area contributed by atoms with E-state index in [9.17, 15) is 4.79 Å². The van der Waals surface area contributed by atoms with E-state index in [2.05, 4.69) is 40.2 Å². The summed E-state index contributed by atoms with van der Waals surface area (Å²) < 4.78 is 0.957. The number of carbonyl (C=O) groups excluding carboxylic acids is 1. The summed E-state index contributed by atoms with van der Waals surface area (Å²) in [5.74, 6) is 5.65. The van der Waals surface area contributed by atoms with Gasteiger partial charge in [-0.3, -0.25) is 15.1 Å². The summed E-state index contributed by atoms with van der Waals surface area (Å²) in [7, 11) is 2.19. The quantitative estimate of drug-likeness (QED) is 0.496. The van der Waals surface area contributed by atoms with Gasteiger partial charge in [0.25, 0.3) is 5.91 Å². The molecule has 1 aromatic carbocycles. The Balaban J connectivity index is 2.06. The zero-order valence-electron chi connectivity index (χ0n) is 12.7. The van der Waals surface area contributed by atoms with Crippen molar-refractivity contribution in [3.63, 3.8) is 0 Å². The molecule has 1 saturated carbocycles. The van der Waals surface area contributed by atoms with Gasteiger partial charge in [-0.2, -0.15) is 0 Å². The highest BCUT2D eigenvalue weighted by Gasteiger charge is 2.25. The third kappa shape index (κ3) is 4.05. The van der Waals surface area contributed by atoms with E-state index in [0.717, 1.165) is 16.9 Å². The highest BCUT2D eigenvalue weighted by Crippen LogP contribution is 2.29. The molecule has 1 amide bonds. The van der Waals surface area contributed by atoms with Crippen molar-refractivity contribution < 1.29 is 4.79 Å². The third-order valence-electron chi connectivity index (χ3n) is 4.50. The molecule has 0 aromatic heterocycles. The van der Waals surface area contributed by atoms with Crippen molar-refractivity contribution >= 4 is 21.8 Å². The van der Waals surface area contributed by atoms with Gasteiger partial charge in [0.15, 0.2) is 0 Å². The Morgan fingerprint density at radius 3 is 2.76 bits per heavy atom. The second-order valence-electron chi connectivity index (χ2n) is 6.02. The summed E-state index contributed by atoms with van der Waals surface area (Å²) in [6, 6.07) is 6.30. The number of nitrogens with one attached hydrogen (secondary N) is 1. The number of nitrogens with two attached hydrogens (primary N) is 1. The van der Waals surface area contributed by atoms with Crippen molar-refractivity contribution in [1.82, 2.24) is 10.3 Å². The maximum atomic E-state index is 11.5. The highest BCUT2D eigenvalue weighted by molar-refractivity contribution is 9.10. The molecule has 0 bridgehead atoms. The molecule has 116 valence electrons. The van der Waals surface area contributed by atoms with Gasteiger partial charge in [-0.05, 0) is 43.5 Å². The van der Waals surface area contributed by atoms with Crippen LogP contribution in [0.25, 0.3) is 0 Å². The summed E-state index contributed by atoms with van der Waals surface area (Å²) in [6.45, 7) is 3.24. The average Bonchev–Trinajstić information content (AvgIpc) is 2.48. The van der Waals surface area contributed by atoms with Crippen LogP contribution in [0.2, 0.25) is 0 Å². The van der Waals surface area contributed by atoms with E-state index >= 15 is 0 Å². The van der Waals surface area contributed by atoms with Gasteiger partial charge in [0, 0.05) is 22.6 Å². The smallest absolute Gasteiger partial charge is 0.265 e. The molecule has 0 heterocycles. The van der Waals surface area contributed by atoms with E-state index in [4.69, 9.17) is 5.84 Å². The fraction of sp³-hybridized carbons (Fsp3) is 0.562. The maximum Gasteiger partial charge on any atom is 0.265 e. The standard InChI is InChI=1S/C16H24BrN3O/c1-11-5-3-4-6-15(11)20(2)10-13-8-7-12(9-14(13)17)16(21)19-18/h7-9,11,15H,3-6,10,18H2,1-2H3,(H,19,21). The normalized spacial score (nSPS) is 22.3. The van der Waals surface area contributed by atoms with Crippen LogP contribution in [-0.2, 0) is 6.54 Å². The molecule has 0 spiro atoms. The van der Waals surface area contributed by atoms with Crippen molar-refractivity contribution in [2.45, 2.75) is 45.2 Å². The Bertz CT molecular complexity index is 506. The monoisotopic (exact) mass is 353 g/mol. The average molecular weight is 354 g/mol. The maximum absolute atomic E-state index is 11.5. The van der Waals surface area contributed by atoms with Crippen LogP contribution in [0.5, 0.6) is 0 Å². The Morgan fingerprint density at radius 1 is 1.43 bits per heavy atom. The largest absolute Gasteiger partial charge is 0.299 e. The Hall–Kier alpha value is -0.910. The fourth-order valence-corrected chi connectivity index (χ4v) is 3.74. The van der Waals surface area contributed by atoms with Crippen LogP contribution in [0.3, 0.4) is 0 Å². The van der Waals surface area contributed by atoms with Crippen LogP contribution in [0.15, 0.2) is 22.7 Å². The Kier molecular flexibility index (Phi) is 5.79. The number of amides is 1. The van der Waals surface area contributed by atoms with Gasteiger partial charge in [0.1, 0.15) is 0 Å². The Morgan fingerprint density at radius 2 is 2.14 bits per heavy atom. The molecule has 2 rings (SSSR count). The molecule has 1 aromatic rings. The first-order chi connectivity index (χ1) is 10.0. The molecular formula is C16H24BrN3O. The van der Waals surface area contributed by atoms with Gasteiger partial charge in [-0.15, -0.1) is 0 Å². The summed E-state index contributed by atoms with van der Waals surface area (Å²) in [6.07, 6.45) is 5.29. The first-order valence-corrected chi connectivity index (χ1v) is 8.32. The summed E-state index contributed by atoms with van der Waals surface area (Å²) >= 11 is 3.56. The molecular weight excluding hydrogens is 330 g/mol. The van der Waals surface area contributed by atoms with E-state index in [1.54, 1.807) is 0 Å². The number of hydrogen-bond acceptors (Lipinski definition) is 3. The molecule has 0 aliphatic heterocycles. The van der Waals surface area contributed by atoms with E-state index in [0.29, 0.717) is 11.6 Å². The van der Waals surface area contributed by atoms with Gasteiger partial charge in [-0.1, -0.05) is 41.8 Å². The molecule has 0 radical (unpaired) electrons. The lowest BCUT2D eigenvalue weighted by atomic mass is 9.85. The van der Waals surface area contributed by atoms with Gasteiger partial charge < -0.3 is 0 Å². The lowest BCUT2D eigenvalue weighted by Gasteiger charge is -2.36. The van der Waals surface area contributed by atoms with Crippen molar-refractivity contribution in [1.29, 1.82) is 0 Å². The minimum Gasteiger partial charge on any atom is -0.299 e. The van der Waals surface area contributed by atoms with E-state index in [-0.39, 0.29) is 5.91 Å². The molecule has 2 atom stereocenters. The zero-order valence-corrected chi connectivity index (χ0v) is 14.3. The summed E-state index contributed by atoms with van der Waals surface area (Å²) in [5, 5.41) is 0. The van der Waals surface area contributed by atoms with Crippen LogP contribution in [0.1, 0.15) is 48.5 Å². The molecule has 21 heavy (non-hydrogen) atoms. The molecule has 1 fully saturated rings. The highest BCUT2D eigenvalue weighted by atomic mass is 79.9. The summed E-state index contributed by atoms with van der Waals surface area (Å²) in [4.78, 5) is 14.0. The minimum atomic E-state index is -0.267. The van der Waals surface area contributed by atoms with Gasteiger partial charge in [0.05, 0.1) is 0 Å². The topological polar surface area (TPSA) is 58.4 Å². The fourth-order valence-electron chi connectivity index (χ4n) is 3.24. The lowest BCUT2D eigenvalue weighted by Crippen LogP contribution is -2.38. The SMILES string of the molecule is CC1CCCCC1N(C)Cc1ccc(C(=O)NN)cc1Br. The second-order valence-corrected chi connectivity index (χ2v) is 6.88. The van der Waals surface area contributed by atoms with Crippen molar-refractivity contribution in [2.75, 3.05) is 7.05 Å². The molecule has 4 nitrogen and oxygen atoms in total. The van der Waals surface area contributed by atoms with E-state index in [1.807, 2.05) is 18.2 Å². The molecule has 2 unspecified atom stereocenters. The molecule has 3 N–H and O–H groups in total. The molecule has 1 aliphatic carbocycles. The molecule has 5 heteroatoms. The second kappa shape index (κ2) is 7.38. The number of nitrogens with zero attached hydrogens (tertiary/aromatic N) is 1. The number of hydrogen-bond donors (Lipinski definition) is 2. The lowest BCUT2D eigenvalue weighted by molar-refractivity contribution is 0.0953. The first-order valence-electron chi connectivity index (χ1n) is 7.52. The van der Waals surface area contributed by atoms with Crippen LogP contribution >= 0.6 is 15.9 Å². The van der Waals surface area contributed by atoms with Gasteiger partial charge >= 0.3 is 0 Å². The predicted molar refractivity (Wildman–Crippen MR) is 88.7 cm³/mol. The van der Waals surface area contributed by atoms with E-state index in [1.165, 1.54) is 31.2 Å². The van der Waals surface area contributed by atoms with Crippen LogP contribution in [0, 0.1) is 5.92 Å². The third-order valence-corrected chi connectivity index (χ3v) is 5.24. The summed E-state index contributed by atoms with van der Waals surface area (Å²) in [5.41, 5.74) is 3.93. The van der Waals surface area contributed by atoms with Crippen LogP contribution < -0.4 is 11.3 Å². The van der Waals surface area contributed by atoms with Crippen molar-refractivity contribution in [3.8, 4) is 0 Å². The number of halogens is 1. The van der Waals surface area contributed by atoms with Crippen LogP contribution in [-0.4, -0.2) is 23.9 Å². The van der Waals surface area contributed by atoms with E-state index < -0.39 is 0 Å².